The van der Waals surface area contributed by atoms with Crippen LogP contribution in [0, 0.1) is 28.8 Å². The standard InChI is InChI=1S/C15H11F3N2/c1-9(11-4-2-10(8-19)3-5-11)20-12-6-13(16)15(18)14(17)7-12/h2-7,9,20H,1H3. The number of nitrogens with zero attached hydrogens (tertiary/aromatic N) is 1. The molecule has 0 amide bonds. The van der Waals surface area contributed by atoms with Crippen LogP contribution in [0.15, 0.2) is 36.4 Å². The van der Waals surface area contributed by atoms with Gasteiger partial charge >= 0.3 is 0 Å². The third-order valence-corrected chi connectivity index (χ3v) is 2.91. The first-order chi connectivity index (χ1) is 9.51. The van der Waals surface area contributed by atoms with E-state index in [0.29, 0.717) is 5.56 Å². The summed E-state index contributed by atoms with van der Waals surface area (Å²) >= 11 is 0. The summed E-state index contributed by atoms with van der Waals surface area (Å²) in [6.07, 6.45) is 0. The number of rotatable bonds is 3. The Kier molecular flexibility index (Phi) is 3.94. The van der Waals surface area contributed by atoms with Gasteiger partial charge in [-0.15, -0.1) is 0 Å². The molecule has 0 heterocycles. The maximum Gasteiger partial charge on any atom is 0.194 e. The largest absolute Gasteiger partial charge is 0.378 e. The number of anilines is 1. The van der Waals surface area contributed by atoms with E-state index in [4.69, 9.17) is 5.26 Å². The summed E-state index contributed by atoms with van der Waals surface area (Å²) in [4.78, 5) is 0. The number of benzene rings is 2. The lowest BCUT2D eigenvalue weighted by molar-refractivity contribution is 0.447. The summed E-state index contributed by atoms with van der Waals surface area (Å²) in [6, 6.07) is 10.4. The number of nitrogens with one attached hydrogen (secondary N) is 1. The molecule has 1 unspecified atom stereocenters. The lowest BCUT2D eigenvalue weighted by atomic mass is 10.1. The van der Waals surface area contributed by atoms with Crippen LogP contribution in [0.1, 0.15) is 24.1 Å². The van der Waals surface area contributed by atoms with Crippen LogP contribution in [-0.2, 0) is 0 Å². The van der Waals surface area contributed by atoms with E-state index in [9.17, 15) is 13.2 Å². The van der Waals surface area contributed by atoms with Gasteiger partial charge in [0.1, 0.15) is 0 Å². The highest BCUT2D eigenvalue weighted by Gasteiger charge is 2.12. The summed E-state index contributed by atoms with van der Waals surface area (Å²) in [5.41, 5.74) is 1.52. The van der Waals surface area contributed by atoms with Gasteiger partial charge in [0.2, 0.25) is 0 Å². The van der Waals surface area contributed by atoms with E-state index < -0.39 is 17.5 Å². The Bertz CT molecular complexity index is 637. The molecule has 102 valence electrons. The molecule has 2 rings (SSSR count). The molecule has 0 aliphatic carbocycles. The molecule has 0 aromatic heterocycles. The first kappa shape index (κ1) is 13.9. The van der Waals surface area contributed by atoms with E-state index in [0.717, 1.165) is 17.7 Å². The van der Waals surface area contributed by atoms with E-state index in [1.165, 1.54) is 0 Å². The number of hydrogen-bond acceptors (Lipinski definition) is 2. The van der Waals surface area contributed by atoms with Gasteiger partial charge in [-0.1, -0.05) is 12.1 Å². The van der Waals surface area contributed by atoms with Gasteiger partial charge in [0, 0.05) is 23.9 Å². The molecule has 0 aliphatic heterocycles. The van der Waals surface area contributed by atoms with Crippen LogP contribution >= 0.6 is 0 Å². The monoisotopic (exact) mass is 276 g/mol. The number of halogens is 3. The molecule has 0 saturated heterocycles. The van der Waals surface area contributed by atoms with Crippen LogP contribution in [0.2, 0.25) is 0 Å². The summed E-state index contributed by atoms with van der Waals surface area (Å²) in [7, 11) is 0. The summed E-state index contributed by atoms with van der Waals surface area (Å²) < 4.78 is 39.0. The van der Waals surface area contributed by atoms with Gasteiger partial charge < -0.3 is 5.32 Å². The van der Waals surface area contributed by atoms with E-state index in [2.05, 4.69) is 5.32 Å². The third kappa shape index (κ3) is 2.91. The third-order valence-electron chi connectivity index (χ3n) is 2.91. The minimum atomic E-state index is -1.48. The average molecular weight is 276 g/mol. The van der Waals surface area contributed by atoms with Crippen molar-refractivity contribution in [3.05, 3.63) is 65.0 Å². The molecular weight excluding hydrogens is 265 g/mol. The molecular formula is C15H11F3N2. The molecule has 1 N–H and O–H groups in total. The van der Waals surface area contributed by atoms with Crippen molar-refractivity contribution in [1.29, 1.82) is 5.26 Å². The van der Waals surface area contributed by atoms with Crippen LogP contribution in [0.25, 0.3) is 0 Å². The SMILES string of the molecule is CC(Nc1cc(F)c(F)c(F)c1)c1ccc(C#N)cc1. The van der Waals surface area contributed by atoms with E-state index in [1.54, 1.807) is 31.2 Å². The average Bonchev–Trinajstić information content (AvgIpc) is 2.44. The van der Waals surface area contributed by atoms with Gasteiger partial charge in [-0.05, 0) is 24.6 Å². The first-order valence-electron chi connectivity index (χ1n) is 5.92. The van der Waals surface area contributed by atoms with Gasteiger partial charge in [0.15, 0.2) is 17.5 Å². The fraction of sp³-hybridized carbons (Fsp3) is 0.133. The van der Waals surface area contributed by atoms with E-state index in [1.807, 2.05) is 6.07 Å². The zero-order valence-corrected chi connectivity index (χ0v) is 10.6. The van der Waals surface area contributed by atoms with Gasteiger partial charge in [-0.25, -0.2) is 13.2 Å². The summed E-state index contributed by atoms with van der Waals surface area (Å²) in [5.74, 6) is -3.96. The number of nitriles is 1. The lowest BCUT2D eigenvalue weighted by Gasteiger charge is -2.16. The molecule has 0 bridgehead atoms. The van der Waals surface area contributed by atoms with Crippen LogP contribution < -0.4 is 5.32 Å². The molecule has 0 spiro atoms. The van der Waals surface area contributed by atoms with Crippen molar-refractivity contribution in [2.24, 2.45) is 0 Å². The predicted molar refractivity (Wildman–Crippen MR) is 69.5 cm³/mol. The van der Waals surface area contributed by atoms with Crippen LogP contribution in [0.3, 0.4) is 0 Å². The smallest absolute Gasteiger partial charge is 0.194 e. The second-order valence-electron chi connectivity index (χ2n) is 4.35. The Hall–Kier alpha value is -2.48. The highest BCUT2D eigenvalue weighted by molar-refractivity contribution is 5.46. The highest BCUT2D eigenvalue weighted by Crippen LogP contribution is 2.22. The van der Waals surface area contributed by atoms with Crippen LogP contribution in [0.5, 0.6) is 0 Å². The topological polar surface area (TPSA) is 35.8 Å². The molecule has 20 heavy (non-hydrogen) atoms. The molecule has 0 aliphatic rings. The fourth-order valence-corrected chi connectivity index (χ4v) is 1.82. The molecule has 2 aromatic carbocycles. The molecule has 2 aromatic rings. The molecule has 1 atom stereocenters. The molecule has 0 saturated carbocycles. The summed E-state index contributed by atoms with van der Waals surface area (Å²) in [6.45, 7) is 1.79. The minimum Gasteiger partial charge on any atom is -0.378 e. The van der Waals surface area contributed by atoms with Crippen molar-refractivity contribution < 1.29 is 13.2 Å². The number of hydrogen-bond donors (Lipinski definition) is 1. The van der Waals surface area contributed by atoms with Crippen molar-refractivity contribution in [3.8, 4) is 6.07 Å². The Labute approximate surface area is 114 Å². The first-order valence-corrected chi connectivity index (χ1v) is 5.92. The maximum absolute atomic E-state index is 13.1. The van der Waals surface area contributed by atoms with Crippen LogP contribution in [-0.4, -0.2) is 0 Å². The van der Waals surface area contributed by atoms with Gasteiger partial charge in [-0.3, -0.25) is 0 Å². The Morgan fingerprint density at radius 2 is 1.60 bits per heavy atom. The van der Waals surface area contributed by atoms with Crippen molar-refractivity contribution in [2.45, 2.75) is 13.0 Å². The second kappa shape index (κ2) is 5.66. The zero-order valence-electron chi connectivity index (χ0n) is 10.6. The Morgan fingerprint density at radius 1 is 1.05 bits per heavy atom. The fourth-order valence-electron chi connectivity index (χ4n) is 1.82. The molecule has 0 radical (unpaired) electrons. The van der Waals surface area contributed by atoms with Crippen LogP contribution in [0.4, 0.5) is 18.9 Å². The predicted octanol–water partition coefficient (Wildman–Crippen LogP) is 4.15. The molecule has 0 fully saturated rings. The second-order valence-corrected chi connectivity index (χ2v) is 4.35. The zero-order chi connectivity index (χ0) is 14.7. The lowest BCUT2D eigenvalue weighted by Crippen LogP contribution is -2.07. The normalized spacial score (nSPS) is 11.8. The van der Waals surface area contributed by atoms with Gasteiger partial charge in [-0.2, -0.15) is 5.26 Å². The minimum absolute atomic E-state index is 0.151. The Morgan fingerprint density at radius 3 is 2.10 bits per heavy atom. The van der Waals surface area contributed by atoms with Gasteiger partial charge in [0.05, 0.1) is 11.6 Å². The van der Waals surface area contributed by atoms with E-state index >= 15 is 0 Å². The quantitative estimate of drug-likeness (QED) is 0.855. The van der Waals surface area contributed by atoms with Crippen molar-refractivity contribution in [1.82, 2.24) is 0 Å². The maximum atomic E-state index is 13.1. The molecule has 5 heteroatoms. The summed E-state index contributed by atoms with van der Waals surface area (Å²) in [5, 5.41) is 11.6. The van der Waals surface area contributed by atoms with Crippen molar-refractivity contribution >= 4 is 5.69 Å². The Balaban J connectivity index is 2.19. The van der Waals surface area contributed by atoms with E-state index in [-0.39, 0.29) is 11.7 Å². The van der Waals surface area contributed by atoms with Gasteiger partial charge in [0.25, 0.3) is 0 Å². The highest BCUT2D eigenvalue weighted by atomic mass is 19.2. The van der Waals surface area contributed by atoms with Crippen molar-refractivity contribution in [2.75, 3.05) is 5.32 Å². The van der Waals surface area contributed by atoms with Crippen molar-refractivity contribution in [3.63, 3.8) is 0 Å². The molecule has 2 nitrogen and oxygen atoms in total.